The Morgan fingerprint density at radius 3 is 2.44 bits per heavy atom. The lowest BCUT2D eigenvalue weighted by atomic mass is 9.67. The van der Waals surface area contributed by atoms with E-state index in [1.54, 1.807) is 0 Å². The van der Waals surface area contributed by atoms with Gasteiger partial charge in [0.2, 0.25) is 0 Å². The number of guanidine groups is 1. The number of nitrogens with zero attached hydrogens (tertiary/aromatic N) is 4. The highest BCUT2D eigenvalue weighted by molar-refractivity contribution is 5.79. The first-order valence-electron chi connectivity index (χ1n) is 10.5. The molecule has 0 atom stereocenters. The lowest BCUT2D eigenvalue weighted by molar-refractivity contribution is 0.131. The van der Waals surface area contributed by atoms with E-state index in [0.717, 1.165) is 57.6 Å². The molecule has 6 nitrogen and oxygen atoms in total. The van der Waals surface area contributed by atoms with Gasteiger partial charge < -0.3 is 20.4 Å². The van der Waals surface area contributed by atoms with E-state index in [1.807, 2.05) is 13.2 Å². The first kappa shape index (κ1) is 19.9. The fourth-order valence-corrected chi connectivity index (χ4v) is 4.01. The average molecular weight is 373 g/mol. The zero-order valence-electron chi connectivity index (χ0n) is 17.3. The summed E-state index contributed by atoms with van der Waals surface area (Å²) in [5.41, 5.74) is 1.67. The van der Waals surface area contributed by atoms with Crippen LogP contribution < -0.4 is 15.5 Å². The predicted molar refractivity (Wildman–Crippen MR) is 113 cm³/mol. The fourth-order valence-electron chi connectivity index (χ4n) is 4.01. The number of aliphatic imine (C=N–C) groups is 1. The van der Waals surface area contributed by atoms with Crippen LogP contribution >= 0.6 is 0 Å². The van der Waals surface area contributed by atoms with Gasteiger partial charge in [0, 0.05) is 52.5 Å². The van der Waals surface area contributed by atoms with Crippen molar-refractivity contribution in [2.24, 2.45) is 10.4 Å². The van der Waals surface area contributed by atoms with Gasteiger partial charge in [-0.2, -0.15) is 0 Å². The Balaban J connectivity index is 1.45. The summed E-state index contributed by atoms with van der Waals surface area (Å²) in [6.07, 6.45) is 7.28. The van der Waals surface area contributed by atoms with E-state index in [1.165, 1.54) is 31.2 Å². The first-order chi connectivity index (χ1) is 13.2. The number of anilines is 1. The van der Waals surface area contributed by atoms with E-state index in [0.29, 0.717) is 5.41 Å². The maximum atomic E-state index is 4.69. The fraction of sp³-hybridized carbons (Fsp3) is 0.714. The van der Waals surface area contributed by atoms with Gasteiger partial charge in [-0.25, -0.2) is 4.98 Å². The molecular weight excluding hydrogens is 336 g/mol. The summed E-state index contributed by atoms with van der Waals surface area (Å²) in [5, 5.41) is 6.93. The summed E-state index contributed by atoms with van der Waals surface area (Å²) in [6.45, 7) is 11.8. The molecule has 0 bridgehead atoms. The van der Waals surface area contributed by atoms with Crippen molar-refractivity contribution < 1.29 is 0 Å². The second-order valence-corrected chi connectivity index (χ2v) is 7.93. The van der Waals surface area contributed by atoms with E-state index in [2.05, 4.69) is 56.4 Å². The van der Waals surface area contributed by atoms with E-state index < -0.39 is 0 Å². The predicted octanol–water partition coefficient (Wildman–Crippen LogP) is 2.47. The van der Waals surface area contributed by atoms with Crippen molar-refractivity contribution >= 4 is 11.8 Å². The van der Waals surface area contributed by atoms with Crippen LogP contribution in [0.15, 0.2) is 23.3 Å². The van der Waals surface area contributed by atoms with Gasteiger partial charge in [-0.15, -0.1) is 0 Å². The number of nitrogens with one attached hydrogen (secondary N) is 2. The Morgan fingerprint density at radius 2 is 1.93 bits per heavy atom. The molecule has 1 aromatic rings. The van der Waals surface area contributed by atoms with Crippen LogP contribution in [0, 0.1) is 5.41 Å². The molecule has 27 heavy (non-hydrogen) atoms. The molecule has 0 unspecified atom stereocenters. The molecule has 2 N–H and O–H groups in total. The van der Waals surface area contributed by atoms with Crippen LogP contribution in [-0.4, -0.2) is 62.2 Å². The summed E-state index contributed by atoms with van der Waals surface area (Å²) >= 11 is 0. The maximum Gasteiger partial charge on any atom is 0.191 e. The van der Waals surface area contributed by atoms with Gasteiger partial charge in [-0.3, -0.25) is 4.99 Å². The Kier molecular flexibility index (Phi) is 6.94. The van der Waals surface area contributed by atoms with Crippen LogP contribution in [0.25, 0.3) is 0 Å². The van der Waals surface area contributed by atoms with Crippen LogP contribution in [-0.2, 0) is 6.54 Å². The number of aromatic nitrogens is 1. The summed E-state index contributed by atoms with van der Waals surface area (Å²) in [4.78, 5) is 13.9. The first-order valence-corrected chi connectivity index (χ1v) is 10.5. The third kappa shape index (κ3) is 5.12. The summed E-state index contributed by atoms with van der Waals surface area (Å²) in [7, 11) is 1.84. The number of hydrogen-bond donors (Lipinski definition) is 2. The van der Waals surface area contributed by atoms with Crippen LogP contribution in [0.5, 0.6) is 0 Å². The molecule has 1 aliphatic heterocycles. The quantitative estimate of drug-likeness (QED) is 0.569. The molecule has 6 heteroatoms. The van der Waals surface area contributed by atoms with Gasteiger partial charge in [-0.05, 0) is 42.9 Å². The summed E-state index contributed by atoms with van der Waals surface area (Å²) in [5.74, 6) is 1.97. The third-order valence-electron chi connectivity index (χ3n) is 6.43. The highest BCUT2D eigenvalue weighted by atomic mass is 15.3. The second-order valence-electron chi connectivity index (χ2n) is 7.93. The lowest BCUT2D eigenvalue weighted by Crippen LogP contribution is -2.46. The van der Waals surface area contributed by atoms with E-state index in [-0.39, 0.29) is 0 Å². The number of likely N-dealkylation sites (N-methyl/N-ethyl adjacent to an activating group) is 1. The van der Waals surface area contributed by atoms with E-state index in [4.69, 9.17) is 0 Å². The van der Waals surface area contributed by atoms with Gasteiger partial charge in [0.05, 0.1) is 0 Å². The Hall–Kier alpha value is -1.82. The van der Waals surface area contributed by atoms with Crippen molar-refractivity contribution in [2.45, 2.75) is 46.1 Å². The van der Waals surface area contributed by atoms with Crippen LogP contribution in [0.1, 0.15) is 45.1 Å². The van der Waals surface area contributed by atoms with Gasteiger partial charge in [0.1, 0.15) is 5.82 Å². The topological polar surface area (TPSA) is 55.8 Å². The van der Waals surface area contributed by atoms with Crippen molar-refractivity contribution in [2.75, 3.05) is 51.2 Å². The Bertz CT molecular complexity index is 594. The van der Waals surface area contributed by atoms with Crippen molar-refractivity contribution in [1.82, 2.24) is 20.5 Å². The molecule has 1 saturated heterocycles. The van der Waals surface area contributed by atoms with Gasteiger partial charge in [0.15, 0.2) is 5.96 Å². The maximum absolute atomic E-state index is 4.69. The summed E-state index contributed by atoms with van der Waals surface area (Å²) < 4.78 is 0. The highest BCUT2D eigenvalue weighted by Gasteiger charge is 2.34. The molecule has 0 spiro atoms. The van der Waals surface area contributed by atoms with Crippen LogP contribution in [0.3, 0.4) is 0 Å². The van der Waals surface area contributed by atoms with Crippen molar-refractivity contribution in [1.29, 1.82) is 0 Å². The van der Waals surface area contributed by atoms with Crippen LogP contribution in [0.4, 0.5) is 5.82 Å². The smallest absolute Gasteiger partial charge is 0.191 e. The number of rotatable bonds is 7. The second kappa shape index (κ2) is 9.40. The van der Waals surface area contributed by atoms with Gasteiger partial charge >= 0.3 is 0 Å². The molecule has 0 amide bonds. The normalized spacial score (nSPS) is 20.3. The number of piperazine rings is 1. The lowest BCUT2D eigenvalue weighted by Gasteiger charge is -2.41. The number of pyridine rings is 1. The molecule has 1 aromatic heterocycles. The molecule has 3 rings (SSSR count). The van der Waals surface area contributed by atoms with Crippen LogP contribution in [0.2, 0.25) is 0 Å². The largest absolute Gasteiger partial charge is 0.356 e. The molecule has 1 aliphatic carbocycles. The molecule has 2 aliphatic rings. The molecule has 2 heterocycles. The minimum atomic E-state index is 0.489. The Morgan fingerprint density at radius 1 is 1.15 bits per heavy atom. The SMILES string of the molecule is CCN1CCN(c2ccc(CNC(=NC)NCC3(CC)CCC3)cn2)CC1. The molecule has 2 fully saturated rings. The van der Waals surface area contributed by atoms with Gasteiger partial charge in [-0.1, -0.05) is 26.3 Å². The molecule has 0 radical (unpaired) electrons. The highest BCUT2D eigenvalue weighted by Crippen LogP contribution is 2.42. The minimum Gasteiger partial charge on any atom is -0.356 e. The zero-order valence-corrected chi connectivity index (χ0v) is 17.3. The van der Waals surface area contributed by atoms with Gasteiger partial charge in [0.25, 0.3) is 0 Å². The zero-order chi connectivity index (χ0) is 19.1. The molecule has 1 saturated carbocycles. The standard InChI is InChI=1S/C21H36N6/c1-4-21(9-6-10-21)17-25-20(22-3)24-16-18-7-8-19(23-15-18)27-13-11-26(5-2)12-14-27/h7-8,15H,4-6,9-14,16-17H2,1-3H3,(H2,22,24,25). The summed E-state index contributed by atoms with van der Waals surface area (Å²) in [6, 6.07) is 4.32. The molecule has 150 valence electrons. The number of hydrogen-bond acceptors (Lipinski definition) is 4. The van der Waals surface area contributed by atoms with E-state index >= 15 is 0 Å². The van der Waals surface area contributed by atoms with Crippen molar-refractivity contribution in [3.05, 3.63) is 23.9 Å². The average Bonchev–Trinajstić information content (AvgIpc) is 2.70. The molecule has 0 aromatic carbocycles. The minimum absolute atomic E-state index is 0.489. The molecular formula is C21H36N6. The Labute approximate surface area is 164 Å². The van der Waals surface area contributed by atoms with Crippen molar-refractivity contribution in [3.63, 3.8) is 0 Å². The third-order valence-corrected chi connectivity index (χ3v) is 6.43. The van der Waals surface area contributed by atoms with Crippen molar-refractivity contribution in [3.8, 4) is 0 Å². The van der Waals surface area contributed by atoms with E-state index in [9.17, 15) is 0 Å². The monoisotopic (exact) mass is 372 g/mol.